The summed E-state index contributed by atoms with van der Waals surface area (Å²) in [6.45, 7) is 10.2. The van der Waals surface area contributed by atoms with Crippen LogP contribution in [0.1, 0.15) is 23.1 Å². The summed E-state index contributed by atoms with van der Waals surface area (Å²) in [5.41, 5.74) is 4.06. The standard InChI is InChI=1S/C16H24N2/c1-14-6-7-16(15(2)13-14)5-3-4-10-18-11-8-17-9-12-18/h3,5-7,13,17H,4,8-12H2,1-2H3/b5-3+. The number of rotatable bonds is 4. The van der Waals surface area contributed by atoms with E-state index in [4.69, 9.17) is 0 Å². The van der Waals surface area contributed by atoms with Crippen molar-refractivity contribution in [1.29, 1.82) is 0 Å². The van der Waals surface area contributed by atoms with Crippen LogP contribution in [-0.4, -0.2) is 37.6 Å². The van der Waals surface area contributed by atoms with Crippen molar-refractivity contribution in [3.63, 3.8) is 0 Å². The first-order valence-corrected chi connectivity index (χ1v) is 6.92. The molecule has 0 aromatic heterocycles. The van der Waals surface area contributed by atoms with Crippen molar-refractivity contribution in [2.75, 3.05) is 32.7 Å². The molecule has 1 saturated heterocycles. The normalized spacial score (nSPS) is 17.4. The Hall–Kier alpha value is -1.12. The molecule has 0 bridgehead atoms. The molecule has 0 spiro atoms. The average Bonchev–Trinajstić information content (AvgIpc) is 2.38. The number of hydrogen-bond donors (Lipinski definition) is 1. The van der Waals surface area contributed by atoms with Crippen LogP contribution in [0.2, 0.25) is 0 Å². The van der Waals surface area contributed by atoms with E-state index in [2.05, 4.69) is 54.4 Å². The van der Waals surface area contributed by atoms with E-state index in [0.29, 0.717) is 0 Å². The van der Waals surface area contributed by atoms with Gasteiger partial charge in [0.25, 0.3) is 0 Å². The maximum Gasteiger partial charge on any atom is 0.0107 e. The van der Waals surface area contributed by atoms with Gasteiger partial charge in [0.1, 0.15) is 0 Å². The zero-order chi connectivity index (χ0) is 12.8. The molecule has 2 heteroatoms. The third-order valence-electron chi connectivity index (χ3n) is 3.54. The molecule has 0 atom stereocenters. The van der Waals surface area contributed by atoms with Crippen LogP contribution in [0.3, 0.4) is 0 Å². The quantitative estimate of drug-likeness (QED) is 0.876. The minimum absolute atomic E-state index is 1.14. The number of piperazine rings is 1. The highest BCUT2D eigenvalue weighted by atomic mass is 15.2. The van der Waals surface area contributed by atoms with Gasteiger partial charge in [-0.2, -0.15) is 0 Å². The van der Waals surface area contributed by atoms with Gasteiger partial charge in [0, 0.05) is 32.7 Å². The van der Waals surface area contributed by atoms with Gasteiger partial charge >= 0.3 is 0 Å². The van der Waals surface area contributed by atoms with E-state index < -0.39 is 0 Å². The number of nitrogens with zero attached hydrogens (tertiary/aromatic N) is 1. The van der Waals surface area contributed by atoms with Gasteiger partial charge in [0.2, 0.25) is 0 Å². The van der Waals surface area contributed by atoms with Crippen molar-refractivity contribution >= 4 is 6.08 Å². The molecule has 1 N–H and O–H groups in total. The molecule has 2 rings (SSSR count). The molecule has 1 aliphatic heterocycles. The van der Waals surface area contributed by atoms with E-state index in [1.807, 2.05) is 0 Å². The summed E-state index contributed by atoms with van der Waals surface area (Å²) in [5.74, 6) is 0. The second-order valence-electron chi connectivity index (χ2n) is 5.14. The van der Waals surface area contributed by atoms with Crippen LogP contribution in [0.25, 0.3) is 6.08 Å². The summed E-state index contributed by atoms with van der Waals surface area (Å²) >= 11 is 0. The molecular weight excluding hydrogens is 220 g/mol. The second kappa shape index (κ2) is 6.72. The molecule has 0 unspecified atom stereocenters. The first-order valence-electron chi connectivity index (χ1n) is 6.92. The molecule has 0 saturated carbocycles. The van der Waals surface area contributed by atoms with Gasteiger partial charge in [-0.25, -0.2) is 0 Å². The van der Waals surface area contributed by atoms with E-state index in [0.717, 1.165) is 19.5 Å². The van der Waals surface area contributed by atoms with Crippen LogP contribution >= 0.6 is 0 Å². The first kappa shape index (κ1) is 13.3. The van der Waals surface area contributed by atoms with Crippen LogP contribution < -0.4 is 5.32 Å². The molecule has 1 fully saturated rings. The van der Waals surface area contributed by atoms with Crippen LogP contribution in [-0.2, 0) is 0 Å². The lowest BCUT2D eigenvalue weighted by molar-refractivity contribution is 0.245. The lowest BCUT2D eigenvalue weighted by Gasteiger charge is -2.26. The van der Waals surface area contributed by atoms with Crippen molar-refractivity contribution in [2.45, 2.75) is 20.3 Å². The highest BCUT2D eigenvalue weighted by Gasteiger charge is 2.07. The molecular formula is C16H24N2. The summed E-state index contributed by atoms with van der Waals surface area (Å²) in [4.78, 5) is 2.53. The highest BCUT2D eigenvalue weighted by molar-refractivity contribution is 5.54. The fourth-order valence-corrected chi connectivity index (χ4v) is 2.41. The molecule has 0 amide bonds. The monoisotopic (exact) mass is 244 g/mol. The lowest BCUT2D eigenvalue weighted by Crippen LogP contribution is -2.43. The van der Waals surface area contributed by atoms with Gasteiger partial charge < -0.3 is 10.2 Å². The zero-order valence-electron chi connectivity index (χ0n) is 11.6. The van der Waals surface area contributed by atoms with Crippen LogP contribution in [0, 0.1) is 13.8 Å². The van der Waals surface area contributed by atoms with Crippen molar-refractivity contribution in [3.05, 3.63) is 41.0 Å². The Kier molecular flexibility index (Phi) is 4.97. The van der Waals surface area contributed by atoms with E-state index in [1.54, 1.807) is 0 Å². The Labute approximate surface area is 111 Å². The number of benzene rings is 1. The van der Waals surface area contributed by atoms with E-state index >= 15 is 0 Å². The molecule has 98 valence electrons. The lowest BCUT2D eigenvalue weighted by atomic mass is 10.1. The van der Waals surface area contributed by atoms with Gasteiger partial charge in [-0.1, -0.05) is 35.9 Å². The summed E-state index contributed by atoms with van der Waals surface area (Å²) < 4.78 is 0. The fraction of sp³-hybridized carbons (Fsp3) is 0.500. The van der Waals surface area contributed by atoms with E-state index in [1.165, 1.54) is 36.3 Å². The molecule has 1 aromatic carbocycles. The SMILES string of the molecule is Cc1ccc(/C=C/CCN2CCNCC2)c(C)c1. The Morgan fingerprint density at radius 2 is 2.00 bits per heavy atom. The topological polar surface area (TPSA) is 15.3 Å². The fourth-order valence-electron chi connectivity index (χ4n) is 2.41. The third kappa shape index (κ3) is 3.97. The van der Waals surface area contributed by atoms with Gasteiger partial charge in [0.05, 0.1) is 0 Å². The number of hydrogen-bond acceptors (Lipinski definition) is 2. The van der Waals surface area contributed by atoms with Crippen LogP contribution in [0.15, 0.2) is 24.3 Å². The van der Waals surface area contributed by atoms with Crippen molar-refractivity contribution in [3.8, 4) is 0 Å². The van der Waals surface area contributed by atoms with Crippen LogP contribution in [0.5, 0.6) is 0 Å². The zero-order valence-corrected chi connectivity index (χ0v) is 11.6. The summed E-state index contributed by atoms with van der Waals surface area (Å²) in [6, 6.07) is 6.64. The highest BCUT2D eigenvalue weighted by Crippen LogP contribution is 2.12. The minimum atomic E-state index is 1.14. The van der Waals surface area contributed by atoms with Crippen molar-refractivity contribution in [2.24, 2.45) is 0 Å². The van der Waals surface area contributed by atoms with Crippen molar-refractivity contribution < 1.29 is 0 Å². The number of nitrogens with one attached hydrogen (secondary N) is 1. The molecule has 1 heterocycles. The second-order valence-corrected chi connectivity index (χ2v) is 5.14. The number of aryl methyl sites for hydroxylation is 2. The minimum Gasteiger partial charge on any atom is -0.314 e. The summed E-state index contributed by atoms with van der Waals surface area (Å²) in [6.07, 6.45) is 5.71. The van der Waals surface area contributed by atoms with Crippen LogP contribution in [0.4, 0.5) is 0 Å². The largest absolute Gasteiger partial charge is 0.314 e. The molecule has 0 radical (unpaired) electrons. The molecule has 1 aliphatic rings. The molecule has 0 aliphatic carbocycles. The summed E-state index contributed by atoms with van der Waals surface area (Å²) in [7, 11) is 0. The van der Waals surface area contributed by atoms with E-state index in [-0.39, 0.29) is 0 Å². The van der Waals surface area contributed by atoms with Gasteiger partial charge in [-0.05, 0) is 31.4 Å². The third-order valence-corrected chi connectivity index (χ3v) is 3.54. The van der Waals surface area contributed by atoms with Gasteiger partial charge in [-0.3, -0.25) is 0 Å². The Morgan fingerprint density at radius 1 is 1.22 bits per heavy atom. The first-order chi connectivity index (χ1) is 8.75. The predicted molar refractivity (Wildman–Crippen MR) is 78.9 cm³/mol. The van der Waals surface area contributed by atoms with Gasteiger partial charge in [0.15, 0.2) is 0 Å². The molecule has 2 nitrogen and oxygen atoms in total. The smallest absolute Gasteiger partial charge is 0.0107 e. The molecule has 1 aromatic rings. The maximum absolute atomic E-state index is 3.38. The van der Waals surface area contributed by atoms with E-state index in [9.17, 15) is 0 Å². The summed E-state index contributed by atoms with van der Waals surface area (Å²) in [5, 5.41) is 3.38. The van der Waals surface area contributed by atoms with Crippen molar-refractivity contribution in [1.82, 2.24) is 10.2 Å². The average molecular weight is 244 g/mol. The maximum atomic E-state index is 3.38. The Balaban J connectivity index is 1.80. The van der Waals surface area contributed by atoms with Gasteiger partial charge in [-0.15, -0.1) is 0 Å². The molecule has 18 heavy (non-hydrogen) atoms. The Morgan fingerprint density at radius 3 is 2.72 bits per heavy atom. The predicted octanol–water partition coefficient (Wildman–Crippen LogP) is 2.61. The Bertz CT molecular complexity index is 404.